The summed E-state index contributed by atoms with van der Waals surface area (Å²) in [5, 5.41) is 0.614. The van der Waals surface area contributed by atoms with Gasteiger partial charge in [0, 0.05) is 0 Å². The van der Waals surface area contributed by atoms with E-state index in [1.165, 1.54) is 9.37 Å². The Hall–Kier alpha value is -1.53. The third-order valence-corrected chi connectivity index (χ3v) is 20.2. The molecule has 0 aromatic heterocycles. The first-order valence-corrected chi connectivity index (χ1v) is 15.4. The van der Waals surface area contributed by atoms with Gasteiger partial charge in [-0.15, -0.1) is 0 Å². The van der Waals surface area contributed by atoms with Gasteiger partial charge in [-0.1, -0.05) is 0 Å². The average molecular weight is 514 g/mol. The van der Waals surface area contributed by atoms with Crippen molar-refractivity contribution in [3.63, 3.8) is 0 Å². The first kappa shape index (κ1) is 16.3. The van der Waals surface area contributed by atoms with Crippen LogP contribution >= 0.6 is 12.2 Å². The van der Waals surface area contributed by atoms with E-state index in [0.717, 1.165) is 0 Å². The van der Waals surface area contributed by atoms with Crippen molar-refractivity contribution < 1.29 is 2.69 Å². The van der Waals surface area contributed by atoms with Crippen molar-refractivity contribution in [1.29, 1.82) is 0 Å². The zero-order chi connectivity index (χ0) is 16.1. The molecule has 0 aliphatic heterocycles. The molecule has 0 aliphatic carbocycles. The summed E-state index contributed by atoms with van der Waals surface area (Å²) in [7, 11) is 0. The van der Waals surface area contributed by atoms with E-state index in [1.807, 2.05) is 25.1 Å². The molecule has 0 atom stereocenters. The van der Waals surface area contributed by atoms with Crippen molar-refractivity contribution in [2.75, 3.05) is 0 Å². The van der Waals surface area contributed by atoms with Crippen LogP contribution in [-0.4, -0.2) is 26.7 Å². The van der Waals surface area contributed by atoms with Gasteiger partial charge < -0.3 is 0 Å². The third-order valence-electron chi connectivity index (χ3n) is 3.84. The Morgan fingerprint density at radius 2 is 0.957 bits per heavy atom. The zero-order valence-corrected chi connectivity index (χ0v) is 17.7. The Kier molecular flexibility index (Phi) is 5.23. The van der Waals surface area contributed by atoms with Crippen molar-refractivity contribution in [3.8, 4) is 0 Å². The average Bonchev–Trinajstić information content (AvgIpc) is 2.62. The Bertz CT molecular complexity index is 676. The van der Waals surface area contributed by atoms with Crippen LogP contribution in [0.5, 0.6) is 0 Å². The first-order valence-electron chi connectivity index (χ1n) is 7.59. The molecule has 0 amide bonds. The molecule has 3 aromatic carbocycles. The molecule has 0 saturated carbocycles. The van der Waals surface area contributed by atoms with Gasteiger partial charge in [-0.25, -0.2) is 0 Å². The minimum absolute atomic E-state index is 0.614. The fourth-order valence-electron chi connectivity index (χ4n) is 2.91. The topological polar surface area (TPSA) is 9.23 Å². The SMILES string of the molecule is CC(=S)[O][Pb]([c]1ccccc1)([c]1ccccc1)[c]1ccccc1. The van der Waals surface area contributed by atoms with Crippen molar-refractivity contribution >= 4 is 48.3 Å². The summed E-state index contributed by atoms with van der Waals surface area (Å²) in [5.74, 6) is 0. The van der Waals surface area contributed by atoms with Crippen LogP contribution in [0.3, 0.4) is 0 Å². The number of hydrogen-bond acceptors (Lipinski definition) is 2. The Morgan fingerprint density at radius 1 is 0.652 bits per heavy atom. The maximum atomic E-state index is 6.55. The van der Waals surface area contributed by atoms with Crippen molar-refractivity contribution in [2.45, 2.75) is 6.92 Å². The van der Waals surface area contributed by atoms with Crippen LogP contribution in [0.2, 0.25) is 0 Å². The zero-order valence-electron chi connectivity index (χ0n) is 13.0. The van der Waals surface area contributed by atoms with Crippen LogP contribution in [-0.2, 0) is 2.69 Å². The molecule has 0 aliphatic rings. The summed E-state index contributed by atoms with van der Waals surface area (Å²) in [6.07, 6.45) is 0. The van der Waals surface area contributed by atoms with Crippen LogP contribution in [0.4, 0.5) is 0 Å². The van der Waals surface area contributed by atoms with Crippen LogP contribution in [0.15, 0.2) is 91.0 Å². The van der Waals surface area contributed by atoms with Crippen LogP contribution in [0, 0.1) is 0 Å². The molecular weight excluding hydrogens is 495 g/mol. The van der Waals surface area contributed by atoms with E-state index in [9.17, 15) is 0 Å². The Morgan fingerprint density at radius 3 is 1.22 bits per heavy atom. The number of benzene rings is 3. The molecule has 3 rings (SSSR count). The van der Waals surface area contributed by atoms with E-state index in [-0.39, 0.29) is 0 Å². The Balaban J connectivity index is 2.32. The normalized spacial score (nSPS) is 11.0. The van der Waals surface area contributed by atoms with Gasteiger partial charge in [0.25, 0.3) is 0 Å². The van der Waals surface area contributed by atoms with Gasteiger partial charge in [-0.2, -0.15) is 0 Å². The Labute approximate surface area is 148 Å². The summed E-state index contributed by atoms with van der Waals surface area (Å²) in [5.41, 5.74) is 0. The third kappa shape index (κ3) is 3.38. The van der Waals surface area contributed by atoms with Gasteiger partial charge in [0.1, 0.15) is 0 Å². The fraction of sp³-hybridized carbons (Fsp3) is 0.0500. The molecule has 0 bridgehead atoms. The van der Waals surface area contributed by atoms with Crippen LogP contribution in [0.25, 0.3) is 0 Å². The second-order valence-corrected chi connectivity index (χ2v) is 18.8. The predicted molar refractivity (Wildman–Crippen MR) is 103 cm³/mol. The summed E-state index contributed by atoms with van der Waals surface area (Å²) < 4.78 is 10.4. The van der Waals surface area contributed by atoms with E-state index in [4.69, 9.17) is 14.9 Å². The molecule has 0 fully saturated rings. The van der Waals surface area contributed by atoms with Crippen LogP contribution in [0.1, 0.15) is 6.92 Å². The van der Waals surface area contributed by atoms with Gasteiger partial charge in [0.15, 0.2) is 0 Å². The van der Waals surface area contributed by atoms with Crippen LogP contribution < -0.4 is 9.37 Å². The molecule has 3 aromatic rings. The van der Waals surface area contributed by atoms with Crippen molar-refractivity contribution in [1.82, 2.24) is 0 Å². The van der Waals surface area contributed by atoms with Gasteiger partial charge in [0.05, 0.1) is 0 Å². The van der Waals surface area contributed by atoms with E-state index in [2.05, 4.69) is 72.8 Å². The van der Waals surface area contributed by atoms with Gasteiger partial charge >= 0.3 is 149 Å². The predicted octanol–water partition coefficient (Wildman–Crippen LogP) is 3.02. The monoisotopic (exact) mass is 514 g/mol. The molecule has 3 heteroatoms. The van der Waals surface area contributed by atoms with E-state index < -0.39 is 21.6 Å². The van der Waals surface area contributed by atoms with Gasteiger partial charge in [0.2, 0.25) is 0 Å². The number of rotatable bonds is 4. The number of thiocarbonyl (C=S) groups is 1. The minimum atomic E-state index is -3.76. The van der Waals surface area contributed by atoms with Crippen molar-refractivity contribution in [3.05, 3.63) is 91.0 Å². The van der Waals surface area contributed by atoms with Gasteiger partial charge in [-0.05, 0) is 0 Å². The molecule has 0 spiro atoms. The molecular formula is C20H18OPbS. The maximum absolute atomic E-state index is 6.55. The fourth-order valence-corrected chi connectivity index (χ4v) is 18.7. The molecule has 0 radical (unpaired) electrons. The molecule has 0 N–H and O–H groups in total. The standard InChI is InChI=1S/3C6H5.C2H4OS.Pb/c3*1-2-4-6-5-3-1;1-2(3)4;/h3*1-5H;1H3,(H,3,4);/q;;;;+1/p-1. The van der Waals surface area contributed by atoms with E-state index in [1.54, 1.807) is 0 Å². The second-order valence-electron chi connectivity index (χ2n) is 5.37. The quantitative estimate of drug-likeness (QED) is 0.392. The first-order chi connectivity index (χ1) is 11.2. The van der Waals surface area contributed by atoms with E-state index >= 15 is 0 Å². The molecule has 23 heavy (non-hydrogen) atoms. The number of hydrogen-bond donors (Lipinski definition) is 0. The summed E-state index contributed by atoms with van der Waals surface area (Å²) in [6, 6.07) is 31.7. The second kappa shape index (κ2) is 7.36. The van der Waals surface area contributed by atoms with E-state index in [0.29, 0.717) is 5.05 Å². The summed E-state index contributed by atoms with van der Waals surface area (Å²) in [6.45, 7) is 1.87. The summed E-state index contributed by atoms with van der Waals surface area (Å²) in [4.78, 5) is 0. The molecule has 0 heterocycles. The van der Waals surface area contributed by atoms with Gasteiger partial charge in [-0.3, -0.25) is 0 Å². The molecule has 0 saturated heterocycles. The summed E-state index contributed by atoms with van der Waals surface area (Å²) >= 11 is 1.62. The van der Waals surface area contributed by atoms with Crippen molar-refractivity contribution in [2.24, 2.45) is 0 Å². The molecule has 0 unspecified atom stereocenters. The molecule has 114 valence electrons. The molecule has 1 nitrogen and oxygen atoms in total.